The number of benzene rings is 2. The maximum Gasteiger partial charge on any atom is 0.329 e. The standard InChI is InChI=1S/C21H26N2O4/c1-3-13-22-19-7-5-6-8-20(19)23(21(22)25)14-16(24)15-27-18-11-9-17(10-12-18)26-4-2/h5-12,16,24H,3-4,13-15H2,1-2H3/t16-/m0/s1. The molecule has 6 nitrogen and oxygen atoms in total. The largest absolute Gasteiger partial charge is 0.494 e. The first-order valence-electron chi connectivity index (χ1n) is 9.35. The fourth-order valence-corrected chi connectivity index (χ4v) is 3.14. The zero-order valence-electron chi connectivity index (χ0n) is 15.8. The van der Waals surface area contributed by atoms with Crippen molar-refractivity contribution in [3.8, 4) is 11.5 Å². The second-order valence-electron chi connectivity index (χ2n) is 6.40. The Bertz CT molecular complexity index is 927. The van der Waals surface area contributed by atoms with Gasteiger partial charge in [0.25, 0.3) is 0 Å². The maximum absolute atomic E-state index is 12.7. The smallest absolute Gasteiger partial charge is 0.329 e. The van der Waals surface area contributed by atoms with E-state index in [4.69, 9.17) is 9.47 Å². The van der Waals surface area contributed by atoms with Gasteiger partial charge in [0.05, 0.1) is 24.2 Å². The maximum atomic E-state index is 12.7. The SMILES string of the molecule is CCCn1c(=O)n(C[C@H](O)COc2ccc(OCC)cc2)c2ccccc21. The fourth-order valence-electron chi connectivity index (χ4n) is 3.14. The van der Waals surface area contributed by atoms with Gasteiger partial charge in [0, 0.05) is 6.54 Å². The third-order valence-corrected chi connectivity index (χ3v) is 4.34. The summed E-state index contributed by atoms with van der Waals surface area (Å²) in [7, 11) is 0. The molecule has 3 rings (SSSR count). The molecule has 0 aliphatic rings. The predicted octanol–water partition coefficient (Wildman–Crippen LogP) is 3.05. The van der Waals surface area contributed by atoms with Gasteiger partial charge in [0.2, 0.25) is 0 Å². The summed E-state index contributed by atoms with van der Waals surface area (Å²) in [4.78, 5) is 12.7. The highest BCUT2D eigenvalue weighted by Gasteiger charge is 2.15. The van der Waals surface area contributed by atoms with Gasteiger partial charge in [-0.05, 0) is 49.7 Å². The third kappa shape index (κ3) is 4.34. The van der Waals surface area contributed by atoms with Gasteiger partial charge in [-0.15, -0.1) is 0 Å². The van der Waals surface area contributed by atoms with Crippen molar-refractivity contribution in [2.24, 2.45) is 0 Å². The van der Waals surface area contributed by atoms with Crippen LogP contribution in [0.3, 0.4) is 0 Å². The molecule has 0 spiro atoms. The highest BCUT2D eigenvalue weighted by atomic mass is 16.5. The number of aliphatic hydroxyl groups excluding tert-OH is 1. The number of aryl methyl sites for hydroxylation is 1. The molecule has 1 atom stereocenters. The van der Waals surface area contributed by atoms with Gasteiger partial charge >= 0.3 is 5.69 Å². The first-order valence-corrected chi connectivity index (χ1v) is 9.35. The van der Waals surface area contributed by atoms with Crippen LogP contribution >= 0.6 is 0 Å². The predicted molar refractivity (Wildman–Crippen MR) is 106 cm³/mol. The molecule has 0 aliphatic heterocycles. The van der Waals surface area contributed by atoms with E-state index in [-0.39, 0.29) is 18.8 Å². The van der Waals surface area contributed by atoms with Gasteiger partial charge in [-0.3, -0.25) is 9.13 Å². The van der Waals surface area contributed by atoms with Crippen molar-refractivity contribution in [2.75, 3.05) is 13.2 Å². The van der Waals surface area contributed by atoms with E-state index in [1.807, 2.05) is 50.2 Å². The lowest BCUT2D eigenvalue weighted by Crippen LogP contribution is -2.31. The average molecular weight is 370 g/mol. The van der Waals surface area contributed by atoms with Crippen molar-refractivity contribution < 1.29 is 14.6 Å². The van der Waals surface area contributed by atoms with Crippen LogP contribution in [0.25, 0.3) is 11.0 Å². The van der Waals surface area contributed by atoms with E-state index in [2.05, 4.69) is 0 Å². The number of para-hydroxylation sites is 2. The normalized spacial score (nSPS) is 12.3. The van der Waals surface area contributed by atoms with E-state index in [1.165, 1.54) is 0 Å². The first kappa shape index (κ1) is 19.0. The number of fused-ring (bicyclic) bond motifs is 1. The number of aliphatic hydroxyl groups is 1. The van der Waals surface area contributed by atoms with Crippen LogP contribution in [-0.4, -0.2) is 33.6 Å². The molecule has 3 aromatic rings. The molecule has 0 fully saturated rings. The molecule has 0 radical (unpaired) electrons. The summed E-state index contributed by atoms with van der Waals surface area (Å²) in [6.45, 7) is 5.53. The summed E-state index contributed by atoms with van der Waals surface area (Å²) in [6, 6.07) is 14.9. The molecular formula is C21H26N2O4. The molecule has 0 aliphatic carbocycles. The van der Waals surface area contributed by atoms with Crippen LogP contribution in [0.4, 0.5) is 0 Å². The summed E-state index contributed by atoms with van der Waals surface area (Å²) < 4.78 is 14.4. The van der Waals surface area contributed by atoms with Crippen LogP contribution < -0.4 is 15.2 Å². The minimum Gasteiger partial charge on any atom is -0.494 e. The van der Waals surface area contributed by atoms with Gasteiger partial charge in [-0.25, -0.2) is 4.79 Å². The van der Waals surface area contributed by atoms with E-state index in [0.29, 0.717) is 18.9 Å². The Balaban J connectivity index is 1.70. The van der Waals surface area contributed by atoms with Crippen molar-refractivity contribution in [3.63, 3.8) is 0 Å². The van der Waals surface area contributed by atoms with Gasteiger partial charge in [0.1, 0.15) is 24.2 Å². The fraction of sp³-hybridized carbons (Fsp3) is 0.381. The minimum atomic E-state index is -0.796. The Morgan fingerprint density at radius 2 is 1.52 bits per heavy atom. The second-order valence-corrected chi connectivity index (χ2v) is 6.40. The first-order chi connectivity index (χ1) is 13.1. The molecule has 1 heterocycles. The van der Waals surface area contributed by atoms with E-state index >= 15 is 0 Å². The highest BCUT2D eigenvalue weighted by molar-refractivity contribution is 5.76. The number of aromatic nitrogens is 2. The van der Waals surface area contributed by atoms with E-state index in [9.17, 15) is 9.90 Å². The molecule has 2 aromatic carbocycles. The molecule has 0 amide bonds. The summed E-state index contributed by atoms with van der Waals surface area (Å²) in [6.07, 6.45) is 0.0762. The van der Waals surface area contributed by atoms with Crippen LogP contribution in [0.2, 0.25) is 0 Å². The van der Waals surface area contributed by atoms with Crippen LogP contribution in [0.1, 0.15) is 20.3 Å². The molecule has 0 saturated carbocycles. The van der Waals surface area contributed by atoms with Crippen molar-refractivity contribution in [3.05, 3.63) is 59.0 Å². The molecule has 0 unspecified atom stereocenters. The Morgan fingerprint density at radius 3 is 2.11 bits per heavy atom. The number of hydrogen-bond acceptors (Lipinski definition) is 4. The summed E-state index contributed by atoms with van der Waals surface area (Å²) in [5, 5.41) is 10.4. The Kier molecular flexibility index (Phi) is 6.19. The zero-order valence-corrected chi connectivity index (χ0v) is 15.8. The number of nitrogens with zero attached hydrogens (tertiary/aromatic N) is 2. The molecule has 0 saturated heterocycles. The molecule has 6 heteroatoms. The molecule has 1 aromatic heterocycles. The average Bonchev–Trinajstić information content (AvgIpc) is 2.94. The van der Waals surface area contributed by atoms with Gasteiger partial charge in [-0.1, -0.05) is 19.1 Å². The summed E-state index contributed by atoms with van der Waals surface area (Å²) >= 11 is 0. The minimum absolute atomic E-state index is 0.0989. The van der Waals surface area contributed by atoms with E-state index < -0.39 is 6.10 Å². The molecule has 0 bridgehead atoms. The van der Waals surface area contributed by atoms with Gasteiger partial charge in [-0.2, -0.15) is 0 Å². The zero-order chi connectivity index (χ0) is 19.2. The summed E-state index contributed by atoms with van der Waals surface area (Å²) in [5.41, 5.74) is 1.62. The van der Waals surface area contributed by atoms with Crippen molar-refractivity contribution >= 4 is 11.0 Å². The number of ether oxygens (including phenoxy) is 2. The number of imidazole rings is 1. The molecule has 1 N–H and O–H groups in total. The topological polar surface area (TPSA) is 65.6 Å². The quantitative estimate of drug-likeness (QED) is 0.629. The van der Waals surface area contributed by atoms with Gasteiger partial charge in [0.15, 0.2) is 0 Å². The van der Waals surface area contributed by atoms with Crippen LogP contribution in [-0.2, 0) is 13.1 Å². The van der Waals surface area contributed by atoms with E-state index in [1.54, 1.807) is 21.3 Å². The van der Waals surface area contributed by atoms with Crippen molar-refractivity contribution in [1.82, 2.24) is 9.13 Å². The Hall–Kier alpha value is -2.73. The monoisotopic (exact) mass is 370 g/mol. The third-order valence-electron chi connectivity index (χ3n) is 4.34. The highest BCUT2D eigenvalue weighted by Crippen LogP contribution is 2.18. The van der Waals surface area contributed by atoms with Crippen LogP contribution in [0, 0.1) is 0 Å². The van der Waals surface area contributed by atoms with Gasteiger partial charge < -0.3 is 14.6 Å². The number of hydrogen-bond donors (Lipinski definition) is 1. The Morgan fingerprint density at radius 1 is 0.926 bits per heavy atom. The van der Waals surface area contributed by atoms with E-state index in [0.717, 1.165) is 23.2 Å². The molecular weight excluding hydrogens is 344 g/mol. The van der Waals surface area contributed by atoms with Crippen LogP contribution in [0.5, 0.6) is 11.5 Å². The Labute approximate surface area is 158 Å². The second kappa shape index (κ2) is 8.77. The van der Waals surface area contributed by atoms with Crippen molar-refractivity contribution in [2.45, 2.75) is 39.5 Å². The number of rotatable bonds is 9. The molecule has 144 valence electrons. The van der Waals surface area contributed by atoms with Crippen molar-refractivity contribution in [1.29, 1.82) is 0 Å². The lowest BCUT2D eigenvalue weighted by Gasteiger charge is -2.13. The summed E-state index contributed by atoms with van der Waals surface area (Å²) in [5.74, 6) is 1.43. The lowest BCUT2D eigenvalue weighted by atomic mass is 10.3. The lowest BCUT2D eigenvalue weighted by molar-refractivity contribution is 0.0924. The van der Waals surface area contributed by atoms with Crippen LogP contribution in [0.15, 0.2) is 53.3 Å². The molecule has 27 heavy (non-hydrogen) atoms.